The molecule has 3 aromatic rings. The quantitative estimate of drug-likeness (QED) is 0.195. The van der Waals surface area contributed by atoms with Crippen molar-refractivity contribution in [2.75, 3.05) is 18.4 Å². The first kappa shape index (κ1) is 42.9. The third-order valence-electron chi connectivity index (χ3n) is 15.5. The second-order valence-corrected chi connectivity index (χ2v) is 19.0. The number of rotatable bonds is 5. The number of fused-ring (bicyclic) bond motifs is 4. The summed E-state index contributed by atoms with van der Waals surface area (Å²) in [7, 11) is 0. The molecular weight excluding hydrogens is 838 g/mol. The first-order valence-electron chi connectivity index (χ1n) is 23.1. The molecule has 2 spiro atoms. The van der Waals surface area contributed by atoms with Crippen molar-refractivity contribution >= 4 is 41.1 Å². The molecule has 65 heavy (non-hydrogen) atoms. The lowest BCUT2D eigenvalue weighted by molar-refractivity contribution is -0.138. The van der Waals surface area contributed by atoms with Crippen LogP contribution in [0.3, 0.4) is 0 Å². The van der Waals surface area contributed by atoms with E-state index in [4.69, 9.17) is 0 Å². The van der Waals surface area contributed by atoms with Crippen LogP contribution in [-0.4, -0.2) is 82.0 Å². The Hall–Kier alpha value is -6.01. The van der Waals surface area contributed by atoms with Crippen molar-refractivity contribution in [1.29, 1.82) is 0 Å². The summed E-state index contributed by atoms with van der Waals surface area (Å²) in [6, 6.07) is 11.2. The molecule has 0 aromatic heterocycles. The Morgan fingerprint density at radius 3 is 2.34 bits per heavy atom. The fourth-order valence-corrected chi connectivity index (χ4v) is 12.4. The molecular formula is C50H51F3N6O6. The normalized spacial score (nSPS) is 28.4. The number of nitrogens with zero attached hydrogens (tertiary/aromatic N) is 2. The molecule has 4 N–H and O–H groups in total. The fourth-order valence-electron chi connectivity index (χ4n) is 12.4. The molecule has 1 unspecified atom stereocenters. The average Bonchev–Trinajstić information content (AvgIpc) is 3.90. The summed E-state index contributed by atoms with van der Waals surface area (Å²) in [6.07, 6.45) is 7.50. The summed E-state index contributed by atoms with van der Waals surface area (Å²) in [5.74, 6) is 0.728. The standard InChI is InChI=1S/C50H51F3N6O6/c51-31-14-17-36-38(26-31)55-48(65)50(36)41(34-8-5-9-37(52)42(34)53)43(57-49(50)22-2-1-3-23-49)45(62)54-32-15-12-30(13-16-32)46(63)58-24-20-28(21-25-58)10-11-29-6-4-7-33-35(29)27-59(47(33)64)39-18-19-40(60)56-44(39)61/h4-9,14,17,26,28,30,32,39,41,43,57H,1-3,12-13,15-16,18-25,27H2,(H,54,62)(H,55,65)(H,56,60,61)/t30-,32-,39?,41-,43+,50+/m0/s1. The number of piperidine rings is 2. The summed E-state index contributed by atoms with van der Waals surface area (Å²) in [6.45, 7) is 1.36. The molecule has 3 saturated heterocycles. The fraction of sp³-hybridized carbons (Fsp3) is 0.480. The van der Waals surface area contributed by atoms with E-state index in [1.807, 2.05) is 11.0 Å². The maximum absolute atomic E-state index is 16.1. The van der Waals surface area contributed by atoms with Crippen LogP contribution in [0.2, 0.25) is 0 Å². The number of hydrogen-bond acceptors (Lipinski definition) is 7. The summed E-state index contributed by atoms with van der Waals surface area (Å²) in [4.78, 5) is 83.9. The second-order valence-electron chi connectivity index (χ2n) is 19.0. The number of amides is 6. The van der Waals surface area contributed by atoms with Crippen molar-refractivity contribution in [1.82, 2.24) is 25.8 Å². The Bertz CT molecular complexity index is 2570. The van der Waals surface area contributed by atoms with Gasteiger partial charge in [0.25, 0.3) is 5.91 Å². The number of anilines is 1. The number of likely N-dealkylation sites (tertiary alicyclic amines) is 1. The number of imide groups is 1. The molecule has 5 heterocycles. The maximum Gasteiger partial charge on any atom is 0.255 e. The Balaban J connectivity index is 0.787. The topological polar surface area (TPSA) is 157 Å². The Morgan fingerprint density at radius 2 is 1.58 bits per heavy atom. The third kappa shape index (κ3) is 7.19. The maximum atomic E-state index is 16.1. The third-order valence-corrected chi connectivity index (χ3v) is 15.5. The van der Waals surface area contributed by atoms with Gasteiger partial charge in [0.1, 0.15) is 17.3 Å². The van der Waals surface area contributed by atoms with Gasteiger partial charge in [0.05, 0.1) is 6.04 Å². The molecule has 5 fully saturated rings. The van der Waals surface area contributed by atoms with E-state index in [2.05, 4.69) is 33.1 Å². The molecule has 0 bridgehead atoms. The lowest BCUT2D eigenvalue weighted by Gasteiger charge is -2.47. The SMILES string of the molecule is O=C1CCC(N2Cc3c(C#CC4CCN(C(=O)[C@H]5CC[C@H](NC(=O)[C@@H]6NC7(CCCCC7)[C@@]7(C(=O)Nc8cc(F)ccc87)[C@H]6c6cccc(F)c6F)CC5)CC4)cccc3C2=O)C(=O)N1. The number of nitrogens with one attached hydrogen (secondary N) is 4. The molecule has 6 amide bonds. The molecule has 12 nitrogen and oxygen atoms in total. The van der Waals surface area contributed by atoms with Crippen LogP contribution in [0.1, 0.15) is 122 Å². The van der Waals surface area contributed by atoms with Crippen LogP contribution in [0.5, 0.6) is 0 Å². The van der Waals surface area contributed by atoms with E-state index in [-0.39, 0.29) is 66.2 Å². The highest BCUT2D eigenvalue weighted by molar-refractivity contribution is 6.10. The van der Waals surface area contributed by atoms with E-state index < -0.39 is 64.1 Å². The van der Waals surface area contributed by atoms with E-state index in [0.29, 0.717) is 75.6 Å². The largest absolute Gasteiger partial charge is 0.352 e. The zero-order valence-electron chi connectivity index (χ0n) is 36.0. The summed E-state index contributed by atoms with van der Waals surface area (Å²) >= 11 is 0. The molecule has 338 valence electrons. The average molecular weight is 889 g/mol. The van der Waals surface area contributed by atoms with Gasteiger partial charge in [0.15, 0.2) is 11.6 Å². The number of carbonyl (C=O) groups excluding carboxylic acids is 6. The first-order chi connectivity index (χ1) is 31.4. The number of halogens is 3. The van der Waals surface area contributed by atoms with Crippen LogP contribution in [0.15, 0.2) is 54.6 Å². The molecule has 10 rings (SSSR count). The number of carbonyl (C=O) groups is 6. The van der Waals surface area contributed by atoms with Crippen LogP contribution < -0.4 is 21.3 Å². The highest BCUT2D eigenvalue weighted by Gasteiger charge is 2.72. The molecule has 15 heteroatoms. The van der Waals surface area contributed by atoms with Gasteiger partial charge in [-0.2, -0.15) is 0 Å². The highest BCUT2D eigenvalue weighted by atomic mass is 19.2. The molecule has 4 atom stereocenters. The predicted molar refractivity (Wildman–Crippen MR) is 231 cm³/mol. The van der Waals surface area contributed by atoms with Crippen molar-refractivity contribution in [2.45, 2.75) is 125 Å². The molecule has 0 radical (unpaired) electrons. The lowest BCUT2D eigenvalue weighted by atomic mass is 9.55. The van der Waals surface area contributed by atoms with Crippen LogP contribution in [0.4, 0.5) is 18.9 Å². The van der Waals surface area contributed by atoms with Gasteiger partial charge in [-0.3, -0.25) is 39.4 Å². The molecule has 2 aliphatic carbocycles. The van der Waals surface area contributed by atoms with Crippen molar-refractivity contribution in [3.05, 3.63) is 99.9 Å². The van der Waals surface area contributed by atoms with Crippen molar-refractivity contribution in [3.8, 4) is 11.8 Å². The summed E-state index contributed by atoms with van der Waals surface area (Å²) in [5, 5.41) is 11.9. The van der Waals surface area contributed by atoms with Gasteiger partial charge in [-0.15, -0.1) is 0 Å². The lowest BCUT2D eigenvalue weighted by Crippen LogP contribution is -2.60. The minimum absolute atomic E-state index is 0.0508. The second kappa shape index (κ2) is 16.8. The monoisotopic (exact) mass is 888 g/mol. The van der Waals surface area contributed by atoms with Crippen LogP contribution in [-0.2, 0) is 35.9 Å². The minimum Gasteiger partial charge on any atom is -0.352 e. The Labute approximate surface area is 374 Å². The predicted octanol–water partition coefficient (Wildman–Crippen LogP) is 5.48. The van der Waals surface area contributed by atoms with Gasteiger partial charge in [-0.1, -0.05) is 55.4 Å². The van der Waals surface area contributed by atoms with E-state index in [1.54, 1.807) is 18.2 Å². The van der Waals surface area contributed by atoms with Gasteiger partial charge >= 0.3 is 0 Å². The summed E-state index contributed by atoms with van der Waals surface area (Å²) in [5.41, 5.74) is 0.141. The molecule has 3 aromatic carbocycles. The van der Waals surface area contributed by atoms with Gasteiger partial charge in [-0.25, -0.2) is 13.2 Å². The summed E-state index contributed by atoms with van der Waals surface area (Å²) < 4.78 is 45.7. The first-order valence-corrected chi connectivity index (χ1v) is 23.1. The van der Waals surface area contributed by atoms with Crippen molar-refractivity contribution in [2.24, 2.45) is 11.8 Å². The smallest absolute Gasteiger partial charge is 0.255 e. The Morgan fingerprint density at radius 1 is 0.831 bits per heavy atom. The van der Waals surface area contributed by atoms with E-state index in [0.717, 1.165) is 36.5 Å². The zero-order valence-corrected chi connectivity index (χ0v) is 36.0. The van der Waals surface area contributed by atoms with Gasteiger partial charge < -0.3 is 20.4 Å². The van der Waals surface area contributed by atoms with E-state index in [9.17, 15) is 33.2 Å². The number of hydrogen-bond donors (Lipinski definition) is 4. The molecule has 7 aliphatic rings. The van der Waals surface area contributed by atoms with Gasteiger partial charge in [0, 0.05) is 72.2 Å². The molecule has 2 saturated carbocycles. The van der Waals surface area contributed by atoms with Crippen molar-refractivity contribution in [3.63, 3.8) is 0 Å². The van der Waals surface area contributed by atoms with Crippen LogP contribution in [0.25, 0.3) is 0 Å². The van der Waals surface area contributed by atoms with Crippen LogP contribution in [0, 0.1) is 41.1 Å². The van der Waals surface area contributed by atoms with E-state index >= 15 is 8.78 Å². The number of benzene rings is 3. The molecule has 5 aliphatic heterocycles. The minimum atomic E-state index is -1.53. The Kier molecular flexibility index (Phi) is 11.1. The van der Waals surface area contributed by atoms with Crippen LogP contribution >= 0.6 is 0 Å². The highest BCUT2D eigenvalue weighted by Crippen LogP contribution is 2.62. The van der Waals surface area contributed by atoms with Gasteiger partial charge in [0.2, 0.25) is 29.5 Å². The van der Waals surface area contributed by atoms with E-state index in [1.165, 1.54) is 29.2 Å². The zero-order chi connectivity index (χ0) is 45.2. The van der Waals surface area contributed by atoms with Gasteiger partial charge in [-0.05, 0) is 105 Å². The van der Waals surface area contributed by atoms with Crippen molar-refractivity contribution < 1.29 is 41.9 Å².